The van der Waals surface area contributed by atoms with Crippen LogP contribution in [0.15, 0.2) is 17.3 Å². The Morgan fingerprint density at radius 1 is 1.57 bits per heavy atom. The zero-order chi connectivity index (χ0) is 10.2. The number of hydrogen-bond donors (Lipinski definition) is 0. The van der Waals surface area contributed by atoms with Gasteiger partial charge in [0, 0.05) is 12.7 Å². The SMILES string of the molecule is O=S(=O)(F)c1cnn(CC2CCC2)c1. The summed E-state index contributed by atoms with van der Waals surface area (Å²) in [6.07, 6.45) is 5.82. The summed E-state index contributed by atoms with van der Waals surface area (Å²) in [6.45, 7) is 0.690. The fourth-order valence-corrected chi connectivity index (χ4v) is 1.93. The fourth-order valence-electron chi connectivity index (χ4n) is 1.51. The monoisotopic (exact) mass is 218 g/mol. The first-order valence-corrected chi connectivity index (χ1v) is 5.91. The molecule has 1 saturated carbocycles. The van der Waals surface area contributed by atoms with Crippen LogP contribution in [0.2, 0.25) is 0 Å². The Balaban J connectivity index is 2.09. The summed E-state index contributed by atoms with van der Waals surface area (Å²) >= 11 is 0. The van der Waals surface area contributed by atoms with E-state index < -0.39 is 10.2 Å². The Kier molecular flexibility index (Phi) is 2.30. The minimum Gasteiger partial charge on any atom is -0.271 e. The van der Waals surface area contributed by atoms with E-state index in [0.717, 1.165) is 19.0 Å². The first-order valence-electron chi connectivity index (χ1n) is 4.53. The highest BCUT2D eigenvalue weighted by Gasteiger charge is 2.20. The van der Waals surface area contributed by atoms with Gasteiger partial charge in [0.2, 0.25) is 0 Å². The standard InChI is InChI=1S/C8H11FN2O2S/c9-14(12,13)8-4-10-11(6-8)5-7-2-1-3-7/h4,6-7H,1-3,5H2. The van der Waals surface area contributed by atoms with E-state index in [1.165, 1.54) is 17.3 Å². The van der Waals surface area contributed by atoms with Crippen molar-refractivity contribution in [2.24, 2.45) is 5.92 Å². The summed E-state index contributed by atoms with van der Waals surface area (Å²) in [5, 5.41) is 3.80. The molecule has 1 aromatic rings. The highest BCUT2D eigenvalue weighted by Crippen LogP contribution is 2.27. The van der Waals surface area contributed by atoms with Crippen LogP contribution in [0.1, 0.15) is 19.3 Å². The second kappa shape index (κ2) is 3.34. The molecule has 1 aromatic heterocycles. The van der Waals surface area contributed by atoms with Crippen molar-refractivity contribution in [1.82, 2.24) is 9.78 Å². The maximum absolute atomic E-state index is 12.5. The van der Waals surface area contributed by atoms with Crippen molar-refractivity contribution in [3.8, 4) is 0 Å². The zero-order valence-corrected chi connectivity index (χ0v) is 8.37. The first-order chi connectivity index (χ1) is 6.55. The summed E-state index contributed by atoms with van der Waals surface area (Å²) in [5.41, 5.74) is 0. The predicted molar refractivity (Wildman–Crippen MR) is 47.9 cm³/mol. The normalized spacial score (nSPS) is 18.1. The minimum atomic E-state index is -4.59. The van der Waals surface area contributed by atoms with Gasteiger partial charge >= 0.3 is 10.2 Å². The molecule has 1 aliphatic rings. The topological polar surface area (TPSA) is 52.0 Å². The summed E-state index contributed by atoms with van der Waals surface area (Å²) in [5.74, 6) is 0.574. The van der Waals surface area contributed by atoms with E-state index in [0.29, 0.717) is 12.5 Å². The molecule has 0 amide bonds. The molecule has 0 atom stereocenters. The van der Waals surface area contributed by atoms with Crippen molar-refractivity contribution in [1.29, 1.82) is 0 Å². The van der Waals surface area contributed by atoms with Gasteiger partial charge < -0.3 is 0 Å². The maximum atomic E-state index is 12.5. The van der Waals surface area contributed by atoms with E-state index in [1.54, 1.807) is 0 Å². The van der Waals surface area contributed by atoms with Crippen molar-refractivity contribution in [3.05, 3.63) is 12.4 Å². The van der Waals surface area contributed by atoms with Gasteiger partial charge in [-0.25, -0.2) is 0 Å². The van der Waals surface area contributed by atoms with Crippen LogP contribution < -0.4 is 0 Å². The van der Waals surface area contributed by atoms with Crippen molar-refractivity contribution in [2.45, 2.75) is 30.7 Å². The molecule has 0 spiro atoms. The Morgan fingerprint density at radius 2 is 2.29 bits per heavy atom. The van der Waals surface area contributed by atoms with Crippen LogP contribution in [0.3, 0.4) is 0 Å². The van der Waals surface area contributed by atoms with Crippen LogP contribution >= 0.6 is 0 Å². The molecule has 1 fully saturated rings. The molecule has 0 saturated heterocycles. The van der Waals surface area contributed by atoms with Crippen LogP contribution in [-0.4, -0.2) is 18.2 Å². The van der Waals surface area contributed by atoms with Gasteiger partial charge in [-0.2, -0.15) is 13.5 Å². The van der Waals surface area contributed by atoms with E-state index >= 15 is 0 Å². The van der Waals surface area contributed by atoms with Gasteiger partial charge in [0.05, 0.1) is 6.20 Å². The Labute approximate surface area is 81.9 Å². The van der Waals surface area contributed by atoms with E-state index in [2.05, 4.69) is 5.10 Å². The molecular formula is C8H11FN2O2S. The molecule has 0 aliphatic heterocycles. The zero-order valence-electron chi connectivity index (χ0n) is 7.56. The number of hydrogen-bond acceptors (Lipinski definition) is 3. The lowest BCUT2D eigenvalue weighted by Crippen LogP contribution is -2.18. The van der Waals surface area contributed by atoms with Gasteiger partial charge in [0.1, 0.15) is 4.90 Å². The van der Waals surface area contributed by atoms with Crippen molar-refractivity contribution < 1.29 is 12.3 Å². The van der Waals surface area contributed by atoms with Crippen molar-refractivity contribution in [2.75, 3.05) is 0 Å². The molecule has 14 heavy (non-hydrogen) atoms. The minimum absolute atomic E-state index is 0.350. The van der Waals surface area contributed by atoms with Gasteiger partial charge in [-0.1, -0.05) is 6.42 Å². The summed E-state index contributed by atoms with van der Waals surface area (Å²) < 4.78 is 35.0. The van der Waals surface area contributed by atoms with Gasteiger partial charge in [0.25, 0.3) is 0 Å². The lowest BCUT2D eigenvalue weighted by Gasteiger charge is -2.24. The molecule has 1 aliphatic carbocycles. The van der Waals surface area contributed by atoms with E-state index in [-0.39, 0.29) is 4.90 Å². The first kappa shape index (κ1) is 9.64. The van der Waals surface area contributed by atoms with Crippen molar-refractivity contribution >= 4 is 10.2 Å². The largest absolute Gasteiger partial charge is 0.335 e. The van der Waals surface area contributed by atoms with Gasteiger partial charge in [-0.3, -0.25) is 4.68 Å². The van der Waals surface area contributed by atoms with Crippen LogP contribution in [0, 0.1) is 5.92 Å². The third kappa shape index (κ3) is 1.95. The molecule has 0 N–H and O–H groups in total. The molecule has 0 unspecified atom stereocenters. The predicted octanol–water partition coefficient (Wildman–Crippen LogP) is 1.34. The average molecular weight is 218 g/mol. The Bertz CT molecular complexity index is 422. The summed E-state index contributed by atoms with van der Waals surface area (Å²) in [6, 6.07) is 0. The van der Waals surface area contributed by atoms with Crippen molar-refractivity contribution in [3.63, 3.8) is 0 Å². The van der Waals surface area contributed by atoms with Crippen LogP contribution in [-0.2, 0) is 16.8 Å². The third-order valence-corrected chi connectivity index (χ3v) is 3.33. The van der Waals surface area contributed by atoms with Gasteiger partial charge in [-0.15, -0.1) is 3.89 Å². The number of rotatable bonds is 3. The van der Waals surface area contributed by atoms with Crippen LogP contribution in [0.4, 0.5) is 3.89 Å². The molecule has 0 aromatic carbocycles. The van der Waals surface area contributed by atoms with Gasteiger partial charge in [-0.05, 0) is 18.8 Å². The molecule has 0 bridgehead atoms. The highest BCUT2D eigenvalue weighted by atomic mass is 32.3. The third-order valence-electron chi connectivity index (χ3n) is 2.56. The molecule has 2 rings (SSSR count). The molecule has 4 nitrogen and oxygen atoms in total. The Morgan fingerprint density at radius 3 is 2.71 bits per heavy atom. The average Bonchev–Trinajstić information content (AvgIpc) is 2.43. The molecule has 6 heteroatoms. The van der Waals surface area contributed by atoms with Crippen LogP contribution in [0.5, 0.6) is 0 Å². The molecular weight excluding hydrogens is 207 g/mol. The fraction of sp³-hybridized carbons (Fsp3) is 0.625. The molecule has 1 heterocycles. The van der Waals surface area contributed by atoms with E-state index in [1.807, 2.05) is 0 Å². The smallest absolute Gasteiger partial charge is 0.271 e. The van der Waals surface area contributed by atoms with E-state index in [9.17, 15) is 12.3 Å². The lowest BCUT2D eigenvalue weighted by molar-refractivity contribution is 0.266. The number of aromatic nitrogens is 2. The lowest BCUT2D eigenvalue weighted by atomic mass is 9.85. The van der Waals surface area contributed by atoms with E-state index in [4.69, 9.17) is 0 Å². The summed E-state index contributed by atoms with van der Waals surface area (Å²) in [7, 11) is -4.59. The second-order valence-electron chi connectivity index (χ2n) is 3.63. The number of nitrogens with zero attached hydrogens (tertiary/aromatic N) is 2. The quantitative estimate of drug-likeness (QED) is 0.719. The second-order valence-corrected chi connectivity index (χ2v) is 4.98. The maximum Gasteiger partial charge on any atom is 0.335 e. The van der Waals surface area contributed by atoms with Gasteiger partial charge in [0.15, 0.2) is 0 Å². The molecule has 78 valence electrons. The molecule has 0 radical (unpaired) electrons. The Hall–Kier alpha value is -0.910. The highest BCUT2D eigenvalue weighted by molar-refractivity contribution is 7.86. The van der Waals surface area contributed by atoms with Crippen LogP contribution in [0.25, 0.3) is 0 Å². The number of halogens is 1. The summed E-state index contributed by atoms with van der Waals surface area (Å²) in [4.78, 5) is -0.350.